The predicted molar refractivity (Wildman–Crippen MR) is 52.3 cm³/mol. The van der Waals surface area contributed by atoms with Gasteiger partial charge in [-0.2, -0.15) is 5.26 Å². The van der Waals surface area contributed by atoms with E-state index in [0.29, 0.717) is 0 Å². The second kappa shape index (κ2) is 3.09. The molecule has 0 spiro atoms. The maximum atomic E-state index is 13.1. The Hall–Kier alpha value is -1.36. The fourth-order valence-electron chi connectivity index (χ4n) is 2.08. The highest BCUT2D eigenvalue weighted by atomic mass is 19.1. The van der Waals surface area contributed by atoms with Gasteiger partial charge in [-0.05, 0) is 49.4 Å². The fourth-order valence-corrected chi connectivity index (χ4v) is 2.08. The lowest BCUT2D eigenvalue weighted by molar-refractivity contribution is 0.321. The van der Waals surface area contributed by atoms with Gasteiger partial charge in [0.15, 0.2) is 0 Å². The summed E-state index contributed by atoms with van der Waals surface area (Å²) < 4.78 is 13.1. The lowest BCUT2D eigenvalue weighted by atomic mass is 9.64. The average Bonchev–Trinajstić information content (AvgIpc) is 2.10. The molecule has 2 rings (SSSR count). The third-order valence-corrected chi connectivity index (χ3v) is 3.14. The van der Waals surface area contributed by atoms with Gasteiger partial charge < -0.3 is 0 Å². The van der Waals surface area contributed by atoms with Crippen molar-refractivity contribution >= 4 is 0 Å². The molecule has 1 nitrogen and oxygen atoms in total. The molecule has 1 aliphatic carbocycles. The van der Waals surface area contributed by atoms with Gasteiger partial charge in [0.25, 0.3) is 0 Å². The van der Waals surface area contributed by atoms with Gasteiger partial charge in [0.05, 0.1) is 11.5 Å². The van der Waals surface area contributed by atoms with Crippen molar-refractivity contribution in [1.29, 1.82) is 5.26 Å². The zero-order chi connectivity index (χ0) is 10.2. The van der Waals surface area contributed by atoms with Crippen molar-refractivity contribution in [2.45, 2.75) is 31.6 Å². The van der Waals surface area contributed by atoms with E-state index >= 15 is 0 Å². The summed E-state index contributed by atoms with van der Waals surface area (Å²) in [5.74, 6) is -0.243. The number of hydrogen-bond acceptors (Lipinski definition) is 1. The highest BCUT2D eigenvalue weighted by molar-refractivity contribution is 5.40. The van der Waals surface area contributed by atoms with Crippen LogP contribution < -0.4 is 0 Å². The Bertz CT molecular complexity index is 399. The first-order valence-corrected chi connectivity index (χ1v) is 4.86. The third kappa shape index (κ3) is 1.21. The largest absolute Gasteiger partial charge is 0.207 e. The molecule has 1 saturated carbocycles. The SMILES string of the molecule is Cc1ccc(F)cc1C1(C#N)CCC1. The van der Waals surface area contributed by atoms with Crippen molar-refractivity contribution in [3.8, 4) is 6.07 Å². The minimum atomic E-state index is -0.397. The van der Waals surface area contributed by atoms with Crippen molar-refractivity contribution in [2.75, 3.05) is 0 Å². The topological polar surface area (TPSA) is 23.8 Å². The molecule has 0 radical (unpaired) electrons. The number of halogens is 1. The van der Waals surface area contributed by atoms with E-state index in [1.807, 2.05) is 6.92 Å². The molecular weight excluding hydrogens is 177 g/mol. The number of benzene rings is 1. The molecule has 0 unspecified atom stereocenters. The lowest BCUT2D eigenvalue weighted by Crippen LogP contribution is -2.33. The van der Waals surface area contributed by atoms with Crippen LogP contribution in [0, 0.1) is 24.1 Å². The average molecular weight is 189 g/mol. The summed E-state index contributed by atoms with van der Waals surface area (Å²) >= 11 is 0. The summed E-state index contributed by atoms with van der Waals surface area (Å²) in [6.07, 6.45) is 2.81. The van der Waals surface area contributed by atoms with Crippen molar-refractivity contribution in [3.63, 3.8) is 0 Å². The van der Waals surface area contributed by atoms with Crippen molar-refractivity contribution < 1.29 is 4.39 Å². The Morgan fingerprint density at radius 2 is 2.14 bits per heavy atom. The van der Waals surface area contributed by atoms with Crippen LogP contribution >= 0.6 is 0 Å². The van der Waals surface area contributed by atoms with Crippen LogP contribution in [0.1, 0.15) is 30.4 Å². The molecule has 0 saturated heterocycles. The van der Waals surface area contributed by atoms with Gasteiger partial charge in [0, 0.05) is 0 Å². The number of aryl methyl sites for hydroxylation is 1. The van der Waals surface area contributed by atoms with E-state index in [1.165, 1.54) is 12.1 Å². The maximum Gasteiger partial charge on any atom is 0.123 e. The molecule has 1 aromatic rings. The molecule has 0 N–H and O–H groups in total. The Balaban J connectivity index is 2.50. The van der Waals surface area contributed by atoms with E-state index in [-0.39, 0.29) is 5.82 Å². The Morgan fingerprint density at radius 1 is 1.43 bits per heavy atom. The minimum absolute atomic E-state index is 0.243. The summed E-state index contributed by atoms with van der Waals surface area (Å²) in [4.78, 5) is 0. The van der Waals surface area contributed by atoms with E-state index in [4.69, 9.17) is 5.26 Å². The second-order valence-electron chi connectivity index (χ2n) is 4.01. The second-order valence-corrected chi connectivity index (χ2v) is 4.01. The quantitative estimate of drug-likeness (QED) is 0.666. The van der Waals surface area contributed by atoms with Crippen LogP contribution in [0.3, 0.4) is 0 Å². The smallest absolute Gasteiger partial charge is 0.123 e. The zero-order valence-corrected chi connectivity index (χ0v) is 8.18. The Kier molecular flexibility index (Phi) is 2.03. The van der Waals surface area contributed by atoms with Crippen molar-refractivity contribution in [1.82, 2.24) is 0 Å². The van der Waals surface area contributed by atoms with E-state index in [1.54, 1.807) is 6.07 Å². The number of hydrogen-bond donors (Lipinski definition) is 0. The highest BCUT2D eigenvalue weighted by Crippen LogP contribution is 2.44. The first-order chi connectivity index (χ1) is 6.68. The zero-order valence-electron chi connectivity index (χ0n) is 8.18. The molecule has 0 aliphatic heterocycles. The van der Waals surface area contributed by atoms with Crippen LogP contribution in [0.15, 0.2) is 18.2 Å². The molecule has 14 heavy (non-hydrogen) atoms. The van der Waals surface area contributed by atoms with Crippen LogP contribution in [-0.4, -0.2) is 0 Å². The summed E-state index contributed by atoms with van der Waals surface area (Å²) in [6, 6.07) is 7.04. The molecule has 1 fully saturated rings. The summed E-state index contributed by atoms with van der Waals surface area (Å²) in [7, 11) is 0. The molecule has 0 amide bonds. The Morgan fingerprint density at radius 3 is 2.64 bits per heavy atom. The van der Waals surface area contributed by atoms with Crippen LogP contribution in [0.2, 0.25) is 0 Å². The van der Waals surface area contributed by atoms with Crippen molar-refractivity contribution in [3.05, 3.63) is 35.1 Å². The Labute approximate surface area is 83.2 Å². The lowest BCUT2D eigenvalue weighted by Gasteiger charge is -2.36. The number of nitrogens with zero attached hydrogens (tertiary/aromatic N) is 1. The van der Waals surface area contributed by atoms with E-state index in [0.717, 1.165) is 30.4 Å². The molecule has 0 atom stereocenters. The van der Waals surface area contributed by atoms with Gasteiger partial charge in [0.2, 0.25) is 0 Å². The van der Waals surface area contributed by atoms with Crippen LogP contribution in [0.4, 0.5) is 4.39 Å². The number of rotatable bonds is 1. The highest BCUT2D eigenvalue weighted by Gasteiger charge is 2.40. The van der Waals surface area contributed by atoms with E-state index < -0.39 is 5.41 Å². The molecule has 2 heteroatoms. The minimum Gasteiger partial charge on any atom is -0.207 e. The molecule has 1 aromatic carbocycles. The van der Waals surface area contributed by atoms with E-state index in [2.05, 4.69) is 6.07 Å². The molecule has 1 aliphatic rings. The monoisotopic (exact) mass is 189 g/mol. The first-order valence-electron chi connectivity index (χ1n) is 4.86. The van der Waals surface area contributed by atoms with Gasteiger partial charge in [0.1, 0.15) is 5.82 Å². The first kappa shape index (κ1) is 9.21. The fraction of sp³-hybridized carbons (Fsp3) is 0.417. The predicted octanol–water partition coefficient (Wildman–Crippen LogP) is 3.08. The van der Waals surface area contributed by atoms with Gasteiger partial charge >= 0.3 is 0 Å². The van der Waals surface area contributed by atoms with Crippen LogP contribution in [-0.2, 0) is 5.41 Å². The summed E-state index contributed by atoms with van der Waals surface area (Å²) in [6.45, 7) is 1.94. The van der Waals surface area contributed by atoms with Gasteiger partial charge in [-0.1, -0.05) is 6.07 Å². The van der Waals surface area contributed by atoms with Crippen LogP contribution in [0.5, 0.6) is 0 Å². The molecule has 0 heterocycles. The molecule has 72 valence electrons. The molecular formula is C12H12FN. The third-order valence-electron chi connectivity index (χ3n) is 3.14. The summed E-state index contributed by atoms with van der Waals surface area (Å²) in [5.41, 5.74) is 1.51. The van der Waals surface area contributed by atoms with Crippen molar-refractivity contribution in [2.24, 2.45) is 0 Å². The molecule has 0 aromatic heterocycles. The molecule has 0 bridgehead atoms. The maximum absolute atomic E-state index is 13.1. The van der Waals surface area contributed by atoms with E-state index in [9.17, 15) is 4.39 Å². The van der Waals surface area contributed by atoms with Gasteiger partial charge in [-0.25, -0.2) is 4.39 Å². The van der Waals surface area contributed by atoms with Gasteiger partial charge in [-0.3, -0.25) is 0 Å². The number of nitriles is 1. The standard InChI is InChI=1S/C12H12FN/c1-9-3-4-10(13)7-11(9)12(8-14)5-2-6-12/h3-4,7H,2,5-6H2,1H3. The van der Waals surface area contributed by atoms with Gasteiger partial charge in [-0.15, -0.1) is 0 Å². The summed E-state index contributed by atoms with van der Waals surface area (Å²) in [5, 5.41) is 9.13. The normalized spacial score (nSPS) is 18.4. The van der Waals surface area contributed by atoms with Crippen LogP contribution in [0.25, 0.3) is 0 Å².